The molecule has 0 atom stereocenters. The summed E-state index contributed by atoms with van der Waals surface area (Å²) >= 11 is 0. The van der Waals surface area contributed by atoms with Crippen LogP contribution >= 0.6 is 0 Å². The number of phenolic OH excluding ortho intramolecular Hbond substituents is 1. The van der Waals surface area contributed by atoms with Crippen LogP contribution < -0.4 is 10.1 Å². The van der Waals surface area contributed by atoms with Gasteiger partial charge in [-0.3, -0.25) is 9.59 Å². The van der Waals surface area contributed by atoms with Crippen LogP contribution in [0.5, 0.6) is 11.5 Å². The van der Waals surface area contributed by atoms with Gasteiger partial charge in [0.15, 0.2) is 5.78 Å². The normalized spacial score (nSPS) is 13.7. The molecule has 10 heteroatoms. The summed E-state index contributed by atoms with van der Waals surface area (Å²) in [5, 5.41) is 12.9. The first-order valence-electron chi connectivity index (χ1n) is 19.3. The lowest BCUT2D eigenvalue weighted by molar-refractivity contribution is -0.121. The van der Waals surface area contributed by atoms with Crippen LogP contribution in [-0.2, 0) is 9.53 Å². The Hall–Kier alpha value is -6.39. The highest BCUT2D eigenvalue weighted by Gasteiger charge is 2.22. The van der Waals surface area contributed by atoms with Crippen LogP contribution in [-0.4, -0.2) is 77.8 Å². The summed E-state index contributed by atoms with van der Waals surface area (Å²) in [5.74, 6) is 1.41. The zero-order valence-corrected chi connectivity index (χ0v) is 33.3. The van der Waals surface area contributed by atoms with Crippen molar-refractivity contribution < 1.29 is 24.2 Å². The Morgan fingerprint density at radius 2 is 1.61 bits per heavy atom. The minimum absolute atomic E-state index is 0.0811. The number of Topliss-reactive ketones (excluding diaryl/α,β-unsaturated/α-hetero) is 1. The van der Waals surface area contributed by atoms with Crippen LogP contribution in [0.25, 0.3) is 17.2 Å². The van der Waals surface area contributed by atoms with Gasteiger partial charge in [0.25, 0.3) is 0 Å². The Kier molecular flexibility index (Phi) is 13.4. The molecular weight excluding hydrogens is 715 g/mol. The van der Waals surface area contributed by atoms with Crippen LogP contribution in [0.1, 0.15) is 75.9 Å². The molecule has 0 unspecified atom stereocenters. The maximum absolute atomic E-state index is 13.3. The summed E-state index contributed by atoms with van der Waals surface area (Å²) in [6.45, 7) is 8.20. The van der Waals surface area contributed by atoms with Crippen LogP contribution in [0, 0.1) is 13.8 Å². The Balaban J connectivity index is 0.957. The minimum atomic E-state index is -0.160. The van der Waals surface area contributed by atoms with Crippen molar-refractivity contribution in [2.24, 2.45) is 4.99 Å². The summed E-state index contributed by atoms with van der Waals surface area (Å²) < 4.78 is 11.7. The predicted octanol–water partition coefficient (Wildman–Crippen LogP) is 8.50. The largest absolute Gasteiger partial charge is 0.508 e. The first-order valence-corrected chi connectivity index (χ1v) is 19.3. The SMILES string of the molecule is CC/C(=C(/c1ccc(O)cc1)c1ccc(OCCN(C)CCNC(=O)CCC(=O)c2c(C)[nH]c(/C=C3/N=C(c4ccc[nH]4)C=C3OC)c2C)cc1)c1ccccc1. The van der Waals surface area contributed by atoms with Gasteiger partial charge in [-0.2, -0.15) is 0 Å². The number of phenols is 1. The van der Waals surface area contributed by atoms with E-state index in [1.54, 1.807) is 19.2 Å². The molecule has 1 aliphatic heterocycles. The second kappa shape index (κ2) is 19.0. The molecule has 0 spiro atoms. The van der Waals surface area contributed by atoms with Crippen LogP contribution in [0.15, 0.2) is 120 Å². The third kappa shape index (κ3) is 10.1. The number of aryl methyl sites for hydroxylation is 1. The van der Waals surface area contributed by atoms with E-state index in [4.69, 9.17) is 14.5 Å². The number of ether oxygens (including phenoxy) is 2. The van der Waals surface area contributed by atoms with Crippen molar-refractivity contribution in [2.75, 3.05) is 40.4 Å². The van der Waals surface area contributed by atoms with Gasteiger partial charge in [0, 0.05) is 61.7 Å². The monoisotopic (exact) mass is 765 g/mol. The number of carbonyl (C=O) groups excluding carboxylic acids is 2. The third-order valence-electron chi connectivity index (χ3n) is 10.1. The van der Waals surface area contributed by atoms with Crippen molar-refractivity contribution in [1.29, 1.82) is 0 Å². The van der Waals surface area contributed by atoms with E-state index in [1.165, 1.54) is 11.1 Å². The highest BCUT2D eigenvalue weighted by atomic mass is 16.5. The van der Waals surface area contributed by atoms with E-state index >= 15 is 0 Å². The number of allylic oxidation sites excluding steroid dienone is 2. The fourth-order valence-corrected chi connectivity index (χ4v) is 7.07. The smallest absolute Gasteiger partial charge is 0.220 e. The van der Waals surface area contributed by atoms with Gasteiger partial charge in [0.2, 0.25) is 5.91 Å². The average Bonchev–Trinajstić information content (AvgIpc) is 3.97. The van der Waals surface area contributed by atoms with Crippen molar-refractivity contribution in [3.05, 3.63) is 160 Å². The maximum Gasteiger partial charge on any atom is 0.220 e. The molecule has 0 aliphatic carbocycles. The fourth-order valence-electron chi connectivity index (χ4n) is 7.07. The topological polar surface area (TPSA) is 132 Å². The van der Waals surface area contributed by atoms with Gasteiger partial charge in [-0.25, -0.2) is 4.99 Å². The second-order valence-electron chi connectivity index (χ2n) is 14.1. The van der Waals surface area contributed by atoms with Crippen molar-refractivity contribution in [2.45, 2.75) is 40.0 Å². The average molecular weight is 766 g/mol. The zero-order chi connectivity index (χ0) is 40.3. The van der Waals surface area contributed by atoms with Crippen LogP contribution in [0.4, 0.5) is 0 Å². The van der Waals surface area contributed by atoms with Gasteiger partial charge in [-0.15, -0.1) is 0 Å². The molecule has 1 aliphatic rings. The van der Waals surface area contributed by atoms with E-state index in [2.05, 4.69) is 63.5 Å². The summed E-state index contributed by atoms with van der Waals surface area (Å²) in [5.41, 5.74) is 10.9. The molecule has 3 aromatic carbocycles. The quantitative estimate of drug-likeness (QED) is 0.0523. The van der Waals surface area contributed by atoms with Gasteiger partial charge in [-0.1, -0.05) is 61.5 Å². The number of amides is 1. The number of aromatic nitrogens is 2. The van der Waals surface area contributed by atoms with Gasteiger partial charge in [0.05, 0.1) is 18.5 Å². The van der Waals surface area contributed by atoms with Crippen molar-refractivity contribution in [3.63, 3.8) is 0 Å². The molecule has 57 heavy (non-hydrogen) atoms. The third-order valence-corrected chi connectivity index (χ3v) is 10.1. The van der Waals surface area contributed by atoms with E-state index < -0.39 is 0 Å². The Morgan fingerprint density at radius 3 is 2.28 bits per heavy atom. The molecule has 294 valence electrons. The van der Waals surface area contributed by atoms with Gasteiger partial charge < -0.3 is 34.8 Å². The highest BCUT2D eigenvalue weighted by molar-refractivity contribution is 6.11. The molecule has 6 rings (SSSR count). The maximum atomic E-state index is 13.3. The predicted molar refractivity (Wildman–Crippen MR) is 227 cm³/mol. The molecule has 3 heterocycles. The Labute approximate surface area is 334 Å². The standard InChI is InChI=1S/C47H51N5O5/c1-6-38(33-11-8-7-9-12-33)47(34-14-18-36(53)19-15-34)35-16-20-37(21-17-35)57-28-27-52(4)26-25-49-45(55)23-22-43(54)46-31(2)40(50-32(46)3)29-42-44(56-5)30-41(51-42)39-13-10-24-48-39/h7-21,24,29-30,48,50,53H,6,22-23,25-28H2,1-5H3,(H,49,55)/b42-29+,47-38+. The van der Waals surface area contributed by atoms with E-state index in [0.717, 1.165) is 57.2 Å². The number of rotatable bonds is 18. The minimum Gasteiger partial charge on any atom is -0.508 e. The van der Waals surface area contributed by atoms with Crippen molar-refractivity contribution in [1.82, 2.24) is 20.2 Å². The van der Waals surface area contributed by atoms with Crippen LogP contribution in [0.3, 0.4) is 0 Å². The lowest BCUT2D eigenvalue weighted by Crippen LogP contribution is -2.34. The summed E-state index contributed by atoms with van der Waals surface area (Å²) in [4.78, 5) is 39.3. The molecule has 0 bridgehead atoms. The Morgan fingerprint density at radius 1 is 0.895 bits per heavy atom. The van der Waals surface area contributed by atoms with Gasteiger partial charge >= 0.3 is 0 Å². The number of hydrogen-bond donors (Lipinski definition) is 4. The molecule has 0 saturated heterocycles. The summed E-state index contributed by atoms with van der Waals surface area (Å²) in [7, 11) is 3.59. The number of aromatic amines is 2. The molecular formula is C47H51N5O5. The van der Waals surface area contributed by atoms with Gasteiger partial charge in [-0.05, 0) is 103 Å². The number of benzene rings is 3. The zero-order valence-electron chi connectivity index (χ0n) is 33.3. The van der Waals surface area contributed by atoms with Crippen molar-refractivity contribution >= 4 is 34.6 Å². The number of ketones is 1. The fraction of sp³-hybridized carbons (Fsp3) is 0.255. The molecule has 0 radical (unpaired) electrons. The molecule has 1 amide bonds. The number of aromatic hydroxyl groups is 1. The number of aliphatic imine (C=N–C) groups is 1. The number of hydrogen-bond acceptors (Lipinski definition) is 7. The molecule has 0 saturated carbocycles. The molecule has 2 aromatic heterocycles. The summed E-state index contributed by atoms with van der Waals surface area (Å²) in [6, 6.07) is 29.7. The summed E-state index contributed by atoms with van der Waals surface area (Å²) in [6.07, 6.45) is 6.67. The van der Waals surface area contributed by atoms with Crippen molar-refractivity contribution in [3.8, 4) is 11.5 Å². The molecule has 0 fully saturated rings. The van der Waals surface area contributed by atoms with Crippen LogP contribution in [0.2, 0.25) is 0 Å². The second-order valence-corrected chi connectivity index (χ2v) is 14.1. The number of likely N-dealkylation sites (N-methyl/N-ethyl adjacent to an activating group) is 1. The highest BCUT2D eigenvalue weighted by Crippen LogP contribution is 2.36. The Bertz CT molecular complexity index is 2280. The molecule has 10 nitrogen and oxygen atoms in total. The number of carbonyl (C=O) groups is 2. The lowest BCUT2D eigenvalue weighted by Gasteiger charge is -2.18. The first kappa shape index (κ1) is 40.3. The first-order chi connectivity index (χ1) is 27.6. The molecule has 4 N–H and O–H groups in total. The van der Waals surface area contributed by atoms with E-state index in [0.29, 0.717) is 43.3 Å². The van der Waals surface area contributed by atoms with E-state index in [9.17, 15) is 14.7 Å². The van der Waals surface area contributed by atoms with Gasteiger partial charge in [0.1, 0.15) is 29.6 Å². The number of nitrogens with one attached hydrogen (secondary N) is 3. The number of methoxy groups -OCH3 is 1. The molecule has 5 aromatic rings. The van der Waals surface area contributed by atoms with E-state index in [1.807, 2.05) is 81.7 Å². The number of nitrogens with zero attached hydrogens (tertiary/aromatic N) is 2. The number of H-pyrrole nitrogens is 2. The lowest BCUT2D eigenvalue weighted by atomic mass is 9.88. The van der Waals surface area contributed by atoms with E-state index in [-0.39, 0.29) is 30.3 Å².